The number of hydrogen-bond acceptors (Lipinski definition) is 5. The number of hydrogen-bond donors (Lipinski definition) is 3. The molecule has 6 aromatic carbocycles. The summed E-state index contributed by atoms with van der Waals surface area (Å²) in [5.41, 5.74) is 17.9. The number of aryl methyl sites for hydroxylation is 6. The SMILES string of the molecule is CCC(CC)(c1ccc(CCC(O)C(C)(C)C)c(C)c1)c1ccc(-c2ccc(C(=O)O)cc2)c(C)c1.CCC(CC)(c1ccc(CCC(O)C(C)(C)C)c(C)c1)c1ccc(-c2ccc(C(=O)OC)cc2)c(C)c1. The van der Waals surface area contributed by atoms with Crippen LogP contribution >= 0.6 is 0 Å². The Kier molecular flexibility index (Phi) is 19.5. The summed E-state index contributed by atoms with van der Waals surface area (Å²) in [5, 5.41) is 30.2. The van der Waals surface area contributed by atoms with Crippen molar-refractivity contribution in [3.63, 3.8) is 0 Å². The van der Waals surface area contributed by atoms with Gasteiger partial charge in [0.1, 0.15) is 0 Å². The Balaban J connectivity index is 0.000000271. The monoisotopic (exact) mass is 987 g/mol. The number of benzene rings is 6. The number of aromatic carboxylic acids is 1. The smallest absolute Gasteiger partial charge is 0.337 e. The maximum absolute atomic E-state index is 11.8. The van der Waals surface area contributed by atoms with Gasteiger partial charge in [-0.25, -0.2) is 9.59 Å². The number of rotatable bonds is 18. The standard InChI is InChI=1S/C34H44O3.C33H42O3/c1-9-34(10-2,28-17-15-25(23(3)21-28)16-20-31(35)33(5,6)7)29-18-19-30(24(4)22-29)26-11-13-27(14-12-26)32(36)37-8;1-8-33(9-2,27-16-14-24(22(3)20-27)15-19-30(34)32(5,6)7)28-17-18-29(23(4)21-28)25-10-12-26(13-11-25)31(35)36/h11-15,17-19,21-22,31,35H,9-10,16,20H2,1-8H3;10-14,16-18,20-21,30,34H,8-9,15,19H2,1-7H3,(H,35,36). The highest BCUT2D eigenvalue weighted by atomic mass is 16.5. The molecule has 0 saturated heterocycles. The molecule has 0 aliphatic carbocycles. The summed E-state index contributed by atoms with van der Waals surface area (Å²) in [5.74, 6) is -1.23. The molecule has 0 aliphatic heterocycles. The lowest BCUT2D eigenvalue weighted by Gasteiger charge is -2.34. The van der Waals surface area contributed by atoms with Gasteiger partial charge in [-0.05, 0) is 192 Å². The van der Waals surface area contributed by atoms with Crippen molar-refractivity contribution in [1.82, 2.24) is 0 Å². The van der Waals surface area contributed by atoms with Crippen molar-refractivity contribution in [2.75, 3.05) is 7.11 Å². The van der Waals surface area contributed by atoms with Gasteiger partial charge in [0.15, 0.2) is 0 Å². The lowest BCUT2D eigenvalue weighted by molar-refractivity contribution is 0.0559. The lowest BCUT2D eigenvalue weighted by Crippen LogP contribution is -2.27. The van der Waals surface area contributed by atoms with Crippen LogP contribution in [-0.4, -0.2) is 46.6 Å². The molecule has 0 aliphatic rings. The van der Waals surface area contributed by atoms with E-state index in [1.54, 1.807) is 12.1 Å². The minimum atomic E-state index is -0.906. The Hall–Kier alpha value is -5.82. The number of ether oxygens (including phenoxy) is 1. The second-order valence-electron chi connectivity index (χ2n) is 22.7. The molecule has 3 N–H and O–H groups in total. The van der Waals surface area contributed by atoms with Crippen LogP contribution in [0.4, 0.5) is 0 Å². The number of carbonyl (C=O) groups excluding carboxylic acids is 1. The molecular weight excluding hydrogens is 901 g/mol. The van der Waals surface area contributed by atoms with Crippen LogP contribution in [-0.2, 0) is 28.4 Å². The fraction of sp³-hybridized carbons (Fsp3) is 0.433. The molecule has 0 fully saturated rings. The molecule has 0 heterocycles. The van der Waals surface area contributed by atoms with E-state index in [1.807, 2.05) is 36.4 Å². The number of methoxy groups -OCH3 is 1. The third-order valence-corrected chi connectivity index (χ3v) is 16.2. The topological polar surface area (TPSA) is 104 Å². The van der Waals surface area contributed by atoms with Crippen LogP contribution in [0.15, 0.2) is 121 Å². The molecule has 6 nitrogen and oxygen atoms in total. The zero-order valence-corrected chi connectivity index (χ0v) is 46.9. The Labute approximate surface area is 439 Å². The second kappa shape index (κ2) is 24.5. The molecule has 0 bridgehead atoms. The summed E-state index contributed by atoms with van der Waals surface area (Å²) in [6.45, 7) is 30.3. The summed E-state index contributed by atoms with van der Waals surface area (Å²) in [6.07, 6.45) is 6.70. The van der Waals surface area contributed by atoms with Crippen molar-refractivity contribution >= 4 is 11.9 Å². The van der Waals surface area contributed by atoms with Crippen molar-refractivity contribution < 1.29 is 29.6 Å². The maximum Gasteiger partial charge on any atom is 0.337 e. The fourth-order valence-corrected chi connectivity index (χ4v) is 10.7. The highest BCUT2D eigenvalue weighted by Crippen LogP contribution is 2.43. The van der Waals surface area contributed by atoms with E-state index < -0.39 is 5.97 Å². The molecule has 73 heavy (non-hydrogen) atoms. The molecule has 6 aromatic rings. The molecule has 0 saturated carbocycles. The van der Waals surface area contributed by atoms with Gasteiger partial charge in [0.05, 0.1) is 30.4 Å². The molecule has 0 spiro atoms. The molecule has 6 heteroatoms. The summed E-state index contributed by atoms with van der Waals surface area (Å²) in [6, 6.07) is 42.1. The number of carboxylic acids is 1. The van der Waals surface area contributed by atoms with Gasteiger partial charge in [-0.1, -0.05) is 166 Å². The first-order valence-electron chi connectivity index (χ1n) is 26.7. The quantitative estimate of drug-likeness (QED) is 0.0741. The molecule has 390 valence electrons. The largest absolute Gasteiger partial charge is 0.478 e. The molecular formula is C67H86O6. The van der Waals surface area contributed by atoms with Crippen molar-refractivity contribution in [2.24, 2.45) is 10.8 Å². The highest BCUT2D eigenvalue weighted by molar-refractivity contribution is 5.90. The van der Waals surface area contributed by atoms with E-state index in [-0.39, 0.29) is 39.8 Å². The summed E-state index contributed by atoms with van der Waals surface area (Å²) in [4.78, 5) is 23.0. The first-order valence-corrected chi connectivity index (χ1v) is 26.7. The van der Waals surface area contributed by atoms with Crippen LogP contribution in [0.1, 0.15) is 184 Å². The average molecular weight is 987 g/mol. The zero-order valence-electron chi connectivity index (χ0n) is 46.9. The van der Waals surface area contributed by atoms with Crippen LogP contribution in [0.25, 0.3) is 22.3 Å². The van der Waals surface area contributed by atoms with E-state index in [9.17, 15) is 24.9 Å². The summed E-state index contributed by atoms with van der Waals surface area (Å²) < 4.78 is 4.83. The van der Waals surface area contributed by atoms with Gasteiger partial charge in [-0.2, -0.15) is 0 Å². The van der Waals surface area contributed by atoms with E-state index in [1.165, 1.54) is 68.3 Å². The van der Waals surface area contributed by atoms with E-state index in [0.29, 0.717) is 11.1 Å². The Bertz CT molecular complexity index is 2790. The first-order chi connectivity index (χ1) is 34.4. The Morgan fingerprint density at radius 3 is 1.05 bits per heavy atom. The van der Waals surface area contributed by atoms with Crippen LogP contribution in [0.5, 0.6) is 0 Å². The molecule has 2 unspecified atom stereocenters. The number of aliphatic hydroxyl groups is 2. The van der Waals surface area contributed by atoms with E-state index in [2.05, 4.69) is 170 Å². The van der Waals surface area contributed by atoms with Gasteiger partial charge in [-0.15, -0.1) is 0 Å². The predicted molar refractivity (Wildman–Crippen MR) is 304 cm³/mol. The van der Waals surface area contributed by atoms with Crippen LogP contribution in [0.2, 0.25) is 0 Å². The third kappa shape index (κ3) is 13.5. The van der Waals surface area contributed by atoms with Crippen molar-refractivity contribution in [1.29, 1.82) is 0 Å². The lowest BCUT2D eigenvalue weighted by atomic mass is 9.69. The Morgan fingerprint density at radius 2 is 0.781 bits per heavy atom. The number of carbonyl (C=O) groups is 2. The third-order valence-electron chi connectivity index (χ3n) is 16.2. The van der Waals surface area contributed by atoms with Gasteiger partial charge in [0, 0.05) is 10.8 Å². The minimum Gasteiger partial charge on any atom is -0.478 e. The zero-order chi connectivity index (χ0) is 54.1. The van der Waals surface area contributed by atoms with E-state index in [4.69, 9.17) is 4.74 Å². The van der Waals surface area contributed by atoms with Gasteiger partial charge in [-0.3, -0.25) is 0 Å². The molecule has 6 rings (SSSR count). The molecule has 0 amide bonds. The summed E-state index contributed by atoms with van der Waals surface area (Å²) in [7, 11) is 1.40. The first kappa shape index (κ1) is 58.1. The van der Waals surface area contributed by atoms with Crippen LogP contribution < -0.4 is 0 Å². The maximum atomic E-state index is 11.8. The average Bonchev–Trinajstić information content (AvgIpc) is 3.36. The van der Waals surface area contributed by atoms with Crippen LogP contribution in [0, 0.1) is 38.5 Å². The van der Waals surface area contributed by atoms with Gasteiger partial charge in [0.2, 0.25) is 0 Å². The predicted octanol–water partition coefficient (Wildman–Crippen LogP) is 16.3. The minimum absolute atomic E-state index is 0.0632. The van der Waals surface area contributed by atoms with E-state index >= 15 is 0 Å². The van der Waals surface area contributed by atoms with Gasteiger partial charge >= 0.3 is 11.9 Å². The van der Waals surface area contributed by atoms with Crippen molar-refractivity contribution in [3.8, 4) is 22.3 Å². The Morgan fingerprint density at radius 1 is 0.466 bits per heavy atom. The van der Waals surface area contributed by atoms with Crippen molar-refractivity contribution in [2.45, 2.75) is 171 Å². The summed E-state index contributed by atoms with van der Waals surface area (Å²) >= 11 is 0. The molecule has 2 atom stereocenters. The second-order valence-corrected chi connectivity index (χ2v) is 22.7. The van der Waals surface area contributed by atoms with Gasteiger partial charge < -0.3 is 20.1 Å². The number of esters is 1. The van der Waals surface area contributed by atoms with Crippen LogP contribution in [0.3, 0.4) is 0 Å². The number of aliphatic hydroxyl groups excluding tert-OH is 2. The van der Waals surface area contributed by atoms with Gasteiger partial charge in [0.25, 0.3) is 0 Å². The number of carboxylic acid groups (broad SMARTS) is 1. The molecule has 0 radical (unpaired) electrons. The highest BCUT2D eigenvalue weighted by Gasteiger charge is 2.33. The van der Waals surface area contributed by atoms with E-state index in [0.717, 1.165) is 68.1 Å². The fourth-order valence-electron chi connectivity index (χ4n) is 10.7. The molecule has 0 aromatic heterocycles. The normalized spacial score (nSPS) is 12.9. The van der Waals surface area contributed by atoms with Crippen molar-refractivity contribution in [3.05, 3.63) is 188 Å².